The van der Waals surface area contributed by atoms with E-state index in [1.165, 1.54) is 6.20 Å². The maximum absolute atomic E-state index is 12.5. The van der Waals surface area contributed by atoms with Crippen LogP contribution in [0.5, 0.6) is 5.75 Å². The number of hydrogen-bond donors (Lipinski definition) is 1. The number of carbonyl (C=O) groups is 1. The molecule has 1 aliphatic rings. The van der Waals surface area contributed by atoms with Crippen molar-refractivity contribution in [3.63, 3.8) is 0 Å². The van der Waals surface area contributed by atoms with Gasteiger partial charge in [0.2, 0.25) is 0 Å². The monoisotopic (exact) mass is 343 g/mol. The Morgan fingerprint density at radius 3 is 2.80 bits per heavy atom. The molecular formula is C19H25N3O3. The molecule has 0 saturated carbocycles. The normalized spacial score (nSPS) is 20.7. The second-order valence-electron chi connectivity index (χ2n) is 6.19. The van der Waals surface area contributed by atoms with E-state index in [9.17, 15) is 10.1 Å². The lowest BCUT2D eigenvalue weighted by Crippen LogP contribution is -2.48. The van der Waals surface area contributed by atoms with Crippen molar-refractivity contribution in [2.75, 3.05) is 26.7 Å². The number of nitrogens with zero attached hydrogens (tertiary/aromatic N) is 2. The Labute approximate surface area is 149 Å². The summed E-state index contributed by atoms with van der Waals surface area (Å²) in [6, 6.07) is 9.81. The third-order valence-corrected chi connectivity index (χ3v) is 4.00. The first kappa shape index (κ1) is 18.8. The van der Waals surface area contributed by atoms with E-state index in [4.69, 9.17) is 9.47 Å². The smallest absolute Gasteiger partial charge is 0.266 e. The fraction of sp³-hybridized carbons (Fsp3) is 0.474. The molecule has 1 N–H and O–H groups in total. The second kappa shape index (κ2) is 9.09. The van der Waals surface area contributed by atoms with E-state index >= 15 is 0 Å². The number of amides is 1. The van der Waals surface area contributed by atoms with Gasteiger partial charge in [-0.05, 0) is 38.0 Å². The van der Waals surface area contributed by atoms with Crippen LogP contribution >= 0.6 is 0 Å². The number of morpholine rings is 1. The molecule has 134 valence electrons. The van der Waals surface area contributed by atoms with Crippen LogP contribution in [0.3, 0.4) is 0 Å². The molecule has 0 aromatic heterocycles. The average molecular weight is 343 g/mol. The largest absolute Gasteiger partial charge is 0.497 e. The van der Waals surface area contributed by atoms with Gasteiger partial charge in [0.15, 0.2) is 0 Å². The van der Waals surface area contributed by atoms with Crippen molar-refractivity contribution < 1.29 is 14.3 Å². The summed E-state index contributed by atoms with van der Waals surface area (Å²) in [7, 11) is 1.64. The van der Waals surface area contributed by atoms with E-state index in [-0.39, 0.29) is 23.7 Å². The molecule has 25 heavy (non-hydrogen) atoms. The molecule has 1 heterocycles. The highest BCUT2D eigenvalue weighted by Gasteiger charge is 2.27. The van der Waals surface area contributed by atoms with Gasteiger partial charge in [-0.3, -0.25) is 4.79 Å². The highest BCUT2D eigenvalue weighted by Crippen LogP contribution is 2.14. The summed E-state index contributed by atoms with van der Waals surface area (Å²) in [6.07, 6.45) is 2.24. The molecule has 6 nitrogen and oxygen atoms in total. The third kappa shape index (κ3) is 5.50. The van der Waals surface area contributed by atoms with E-state index in [0.29, 0.717) is 19.6 Å². The number of hydrogen-bond acceptors (Lipinski definition) is 5. The summed E-state index contributed by atoms with van der Waals surface area (Å²) in [6.45, 7) is 5.50. The van der Waals surface area contributed by atoms with E-state index in [2.05, 4.69) is 5.32 Å². The zero-order valence-electron chi connectivity index (χ0n) is 15.0. The highest BCUT2D eigenvalue weighted by molar-refractivity contribution is 5.97. The Balaban J connectivity index is 1.89. The minimum Gasteiger partial charge on any atom is -0.497 e. The van der Waals surface area contributed by atoms with Crippen molar-refractivity contribution in [3.05, 3.63) is 41.6 Å². The number of ether oxygens (including phenoxy) is 2. The fourth-order valence-electron chi connectivity index (χ4n) is 2.87. The molecule has 0 aliphatic carbocycles. The summed E-state index contributed by atoms with van der Waals surface area (Å²) in [5, 5.41) is 12.4. The minimum atomic E-state index is -0.251. The zero-order valence-corrected chi connectivity index (χ0v) is 15.0. The molecule has 1 fully saturated rings. The van der Waals surface area contributed by atoms with Gasteiger partial charge in [0.05, 0.1) is 19.3 Å². The lowest BCUT2D eigenvalue weighted by Gasteiger charge is -2.35. The SMILES string of the molecule is COc1cccc(CCN/C=C(/C#N)C(=O)N2CC(C)OC(C)C2)c1. The van der Waals surface area contributed by atoms with Gasteiger partial charge in [-0.15, -0.1) is 0 Å². The van der Waals surface area contributed by atoms with Crippen LogP contribution in [0.2, 0.25) is 0 Å². The van der Waals surface area contributed by atoms with Crippen molar-refractivity contribution in [3.8, 4) is 11.8 Å². The molecule has 2 unspecified atom stereocenters. The average Bonchev–Trinajstić information content (AvgIpc) is 2.60. The number of nitrogens with one attached hydrogen (secondary N) is 1. The lowest BCUT2D eigenvalue weighted by atomic mass is 10.1. The van der Waals surface area contributed by atoms with Crippen LogP contribution in [-0.4, -0.2) is 49.8 Å². The van der Waals surface area contributed by atoms with Gasteiger partial charge in [0.25, 0.3) is 5.91 Å². The molecule has 0 spiro atoms. The van der Waals surface area contributed by atoms with Crippen molar-refractivity contribution in [2.24, 2.45) is 0 Å². The number of methoxy groups -OCH3 is 1. The summed E-state index contributed by atoms with van der Waals surface area (Å²) >= 11 is 0. The Morgan fingerprint density at radius 2 is 2.16 bits per heavy atom. The second-order valence-corrected chi connectivity index (χ2v) is 6.19. The van der Waals surface area contributed by atoms with E-state index in [1.54, 1.807) is 12.0 Å². The highest BCUT2D eigenvalue weighted by atomic mass is 16.5. The number of benzene rings is 1. The number of rotatable bonds is 6. The Bertz CT molecular complexity index is 656. The molecule has 1 saturated heterocycles. The summed E-state index contributed by atoms with van der Waals surface area (Å²) in [5.41, 5.74) is 1.24. The first-order valence-electron chi connectivity index (χ1n) is 8.44. The molecule has 1 aliphatic heterocycles. The molecule has 6 heteroatoms. The topological polar surface area (TPSA) is 74.6 Å². The zero-order chi connectivity index (χ0) is 18.2. The Morgan fingerprint density at radius 1 is 1.44 bits per heavy atom. The fourth-order valence-corrected chi connectivity index (χ4v) is 2.87. The predicted molar refractivity (Wildman–Crippen MR) is 95.0 cm³/mol. The Kier molecular flexibility index (Phi) is 6.84. The van der Waals surface area contributed by atoms with Crippen LogP contribution in [0, 0.1) is 11.3 Å². The minimum absolute atomic E-state index is 0.0198. The van der Waals surface area contributed by atoms with Gasteiger partial charge in [-0.25, -0.2) is 0 Å². The van der Waals surface area contributed by atoms with Crippen molar-refractivity contribution >= 4 is 5.91 Å². The predicted octanol–water partition coefficient (Wildman–Crippen LogP) is 1.87. The molecule has 1 amide bonds. The van der Waals surface area contributed by atoms with Gasteiger partial charge in [0.1, 0.15) is 17.4 Å². The molecule has 1 aromatic rings. The van der Waals surface area contributed by atoms with Gasteiger partial charge >= 0.3 is 0 Å². The van der Waals surface area contributed by atoms with Crippen LogP contribution in [-0.2, 0) is 16.0 Å². The van der Waals surface area contributed by atoms with Gasteiger partial charge in [-0.1, -0.05) is 12.1 Å². The van der Waals surface area contributed by atoms with Crippen molar-refractivity contribution in [1.82, 2.24) is 10.2 Å². The van der Waals surface area contributed by atoms with Crippen LogP contribution in [0.1, 0.15) is 19.4 Å². The first-order chi connectivity index (χ1) is 12.0. The van der Waals surface area contributed by atoms with E-state index < -0.39 is 0 Å². The summed E-state index contributed by atoms with van der Waals surface area (Å²) < 4.78 is 10.8. The molecule has 0 radical (unpaired) electrons. The molecule has 0 bridgehead atoms. The Hall–Kier alpha value is -2.52. The standard InChI is InChI=1S/C19H25N3O3/c1-14-12-22(13-15(2)25-14)19(23)17(10-20)11-21-8-7-16-5-4-6-18(9-16)24-3/h4-6,9,11,14-15,21H,7-8,12-13H2,1-3H3/b17-11-. The third-order valence-electron chi connectivity index (χ3n) is 4.00. The van der Waals surface area contributed by atoms with Crippen LogP contribution in [0.4, 0.5) is 0 Å². The van der Waals surface area contributed by atoms with Gasteiger partial charge in [0, 0.05) is 25.8 Å². The van der Waals surface area contributed by atoms with Gasteiger partial charge < -0.3 is 19.7 Å². The van der Waals surface area contributed by atoms with Crippen molar-refractivity contribution in [1.29, 1.82) is 5.26 Å². The molecule has 2 rings (SSSR count). The van der Waals surface area contributed by atoms with Crippen LogP contribution in [0.15, 0.2) is 36.0 Å². The summed E-state index contributed by atoms with van der Waals surface area (Å²) in [5.74, 6) is 0.565. The van der Waals surface area contributed by atoms with E-state index in [1.807, 2.05) is 44.2 Å². The maximum Gasteiger partial charge on any atom is 0.266 e. The summed E-state index contributed by atoms with van der Waals surface area (Å²) in [4.78, 5) is 14.2. The molecule has 1 aromatic carbocycles. The lowest BCUT2D eigenvalue weighted by molar-refractivity contribution is -0.138. The maximum atomic E-state index is 12.5. The van der Waals surface area contributed by atoms with Crippen LogP contribution < -0.4 is 10.1 Å². The number of carbonyl (C=O) groups excluding carboxylic acids is 1. The molecular weight excluding hydrogens is 318 g/mol. The first-order valence-corrected chi connectivity index (χ1v) is 8.44. The molecule has 2 atom stereocenters. The van der Waals surface area contributed by atoms with Gasteiger partial charge in [-0.2, -0.15) is 5.26 Å². The van der Waals surface area contributed by atoms with Crippen LogP contribution in [0.25, 0.3) is 0 Å². The quantitative estimate of drug-likeness (QED) is 0.485. The number of nitriles is 1. The van der Waals surface area contributed by atoms with E-state index in [0.717, 1.165) is 17.7 Å². The van der Waals surface area contributed by atoms with Crippen molar-refractivity contribution in [2.45, 2.75) is 32.5 Å².